The molecular formula is C15H12ClN3O. The van der Waals surface area contributed by atoms with E-state index in [1.54, 1.807) is 12.1 Å². The molecule has 0 atom stereocenters. The lowest BCUT2D eigenvalue weighted by molar-refractivity contribution is 0.100. The van der Waals surface area contributed by atoms with Crippen LogP contribution in [0.3, 0.4) is 0 Å². The highest BCUT2D eigenvalue weighted by Gasteiger charge is 2.09. The Morgan fingerprint density at radius 1 is 1.25 bits per heavy atom. The van der Waals surface area contributed by atoms with Gasteiger partial charge in [0.25, 0.3) is 0 Å². The number of halogens is 1. The second-order valence-electron chi connectivity index (χ2n) is 4.65. The van der Waals surface area contributed by atoms with E-state index in [2.05, 4.69) is 9.97 Å². The Bertz CT molecular complexity index is 806. The van der Waals surface area contributed by atoms with Gasteiger partial charge < -0.3 is 10.7 Å². The minimum absolute atomic E-state index is 0.441. The lowest BCUT2D eigenvalue weighted by Crippen LogP contribution is -2.10. The maximum atomic E-state index is 11.1. The predicted octanol–water partition coefficient (Wildman–Crippen LogP) is 3.29. The van der Waals surface area contributed by atoms with Crippen LogP contribution in [0.2, 0.25) is 5.02 Å². The van der Waals surface area contributed by atoms with Crippen LogP contribution in [0.5, 0.6) is 0 Å². The average molecular weight is 286 g/mol. The van der Waals surface area contributed by atoms with Crippen molar-refractivity contribution in [2.45, 2.75) is 6.92 Å². The summed E-state index contributed by atoms with van der Waals surface area (Å²) in [7, 11) is 0. The maximum absolute atomic E-state index is 11.1. The molecular weight excluding hydrogens is 274 g/mol. The van der Waals surface area contributed by atoms with Crippen LogP contribution in [0.15, 0.2) is 36.4 Å². The van der Waals surface area contributed by atoms with Gasteiger partial charge in [0.2, 0.25) is 5.91 Å². The van der Waals surface area contributed by atoms with Crippen molar-refractivity contribution in [1.29, 1.82) is 0 Å². The monoisotopic (exact) mass is 285 g/mol. The topological polar surface area (TPSA) is 71.8 Å². The molecule has 0 radical (unpaired) electrons. The fourth-order valence-corrected chi connectivity index (χ4v) is 2.45. The summed E-state index contributed by atoms with van der Waals surface area (Å²) < 4.78 is 0. The molecule has 0 aliphatic heterocycles. The van der Waals surface area contributed by atoms with Gasteiger partial charge in [-0.3, -0.25) is 4.79 Å². The molecule has 0 aliphatic rings. The number of amides is 1. The minimum atomic E-state index is -0.441. The SMILES string of the molecule is Cc1cc(Cl)cc2[nH]c(-c3ccc(C(N)=O)cc3)nc12. The molecule has 0 unspecified atom stereocenters. The van der Waals surface area contributed by atoms with Crippen molar-refractivity contribution < 1.29 is 4.79 Å². The van der Waals surface area contributed by atoms with E-state index in [1.807, 2.05) is 31.2 Å². The van der Waals surface area contributed by atoms with Crippen LogP contribution in [-0.4, -0.2) is 15.9 Å². The molecule has 0 saturated carbocycles. The molecule has 20 heavy (non-hydrogen) atoms. The number of nitrogens with one attached hydrogen (secondary N) is 1. The largest absolute Gasteiger partial charge is 0.366 e. The number of benzene rings is 2. The Morgan fingerprint density at radius 2 is 1.95 bits per heavy atom. The zero-order valence-corrected chi connectivity index (χ0v) is 11.5. The van der Waals surface area contributed by atoms with Gasteiger partial charge in [-0.05, 0) is 36.8 Å². The van der Waals surface area contributed by atoms with Crippen LogP contribution in [-0.2, 0) is 0 Å². The van der Waals surface area contributed by atoms with Gasteiger partial charge in [0.15, 0.2) is 0 Å². The average Bonchev–Trinajstić information content (AvgIpc) is 2.83. The van der Waals surface area contributed by atoms with Crippen molar-refractivity contribution in [3.05, 3.63) is 52.5 Å². The first-order valence-corrected chi connectivity index (χ1v) is 6.48. The van der Waals surface area contributed by atoms with Crippen LogP contribution < -0.4 is 5.73 Å². The Morgan fingerprint density at radius 3 is 2.60 bits per heavy atom. The van der Waals surface area contributed by atoms with Crippen molar-refractivity contribution in [1.82, 2.24) is 9.97 Å². The number of hydrogen-bond donors (Lipinski definition) is 2. The van der Waals surface area contributed by atoms with E-state index < -0.39 is 5.91 Å². The van der Waals surface area contributed by atoms with Gasteiger partial charge in [0, 0.05) is 16.1 Å². The van der Waals surface area contributed by atoms with Gasteiger partial charge in [-0.1, -0.05) is 23.7 Å². The number of fused-ring (bicyclic) bond motifs is 1. The molecule has 1 aromatic heterocycles. The van der Waals surface area contributed by atoms with Crippen LogP contribution >= 0.6 is 11.6 Å². The van der Waals surface area contributed by atoms with Gasteiger partial charge in [-0.25, -0.2) is 4.98 Å². The number of carbonyl (C=O) groups is 1. The van der Waals surface area contributed by atoms with Crippen molar-refractivity contribution >= 4 is 28.5 Å². The van der Waals surface area contributed by atoms with E-state index in [1.165, 1.54) is 0 Å². The molecule has 0 bridgehead atoms. The number of aromatic nitrogens is 2. The molecule has 5 heteroatoms. The second-order valence-corrected chi connectivity index (χ2v) is 5.08. The summed E-state index contributed by atoms with van der Waals surface area (Å²) in [6.07, 6.45) is 0. The number of nitrogens with two attached hydrogens (primary N) is 1. The summed E-state index contributed by atoms with van der Waals surface area (Å²) in [5.41, 5.74) is 9.39. The predicted molar refractivity (Wildman–Crippen MR) is 79.8 cm³/mol. The van der Waals surface area contributed by atoms with Crippen molar-refractivity contribution in [3.8, 4) is 11.4 Å². The number of aryl methyl sites for hydroxylation is 1. The molecule has 2 aromatic carbocycles. The normalized spacial score (nSPS) is 10.9. The molecule has 0 fully saturated rings. The molecule has 0 spiro atoms. The van der Waals surface area contributed by atoms with Gasteiger partial charge >= 0.3 is 0 Å². The zero-order chi connectivity index (χ0) is 14.3. The maximum Gasteiger partial charge on any atom is 0.248 e. The number of rotatable bonds is 2. The number of imidazole rings is 1. The molecule has 1 heterocycles. The Labute approximate surface area is 120 Å². The van der Waals surface area contributed by atoms with Gasteiger partial charge in [0.1, 0.15) is 5.82 Å². The summed E-state index contributed by atoms with van der Waals surface area (Å²) in [5.74, 6) is 0.296. The van der Waals surface area contributed by atoms with Gasteiger partial charge in [0.05, 0.1) is 11.0 Å². The summed E-state index contributed by atoms with van der Waals surface area (Å²) in [5, 5.41) is 0.675. The van der Waals surface area contributed by atoms with E-state index >= 15 is 0 Å². The quantitative estimate of drug-likeness (QED) is 0.758. The molecule has 0 saturated heterocycles. The molecule has 3 aromatic rings. The first kappa shape index (κ1) is 12.7. The third kappa shape index (κ3) is 2.14. The van der Waals surface area contributed by atoms with Crippen LogP contribution in [0.25, 0.3) is 22.4 Å². The molecule has 1 amide bonds. The highest BCUT2D eigenvalue weighted by Crippen LogP contribution is 2.25. The smallest absolute Gasteiger partial charge is 0.248 e. The van der Waals surface area contributed by atoms with E-state index in [9.17, 15) is 4.79 Å². The summed E-state index contributed by atoms with van der Waals surface area (Å²) >= 11 is 6.04. The van der Waals surface area contributed by atoms with Gasteiger partial charge in [-0.2, -0.15) is 0 Å². The summed E-state index contributed by atoms with van der Waals surface area (Å²) in [6.45, 7) is 1.97. The third-order valence-electron chi connectivity index (χ3n) is 3.18. The summed E-state index contributed by atoms with van der Waals surface area (Å²) in [6, 6.07) is 10.7. The minimum Gasteiger partial charge on any atom is -0.366 e. The second kappa shape index (κ2) is 4.65. The lowest BCUT2D eigenvalue weighted by atomic mass is 10.1. The molecule has 3 rings (SSSR count). The Hall–Kier alpha value is -2.33. The standard InChI is InChI=1S/C15H12ClN3O/c1-8-6-11(16)7-12-13(8)19-15(18-12)10-4-2-9(3-5-10)14(17)20/h2-7H,1H3,(H2,17,20)(H,18,19). The van der Waals surface area contributed by atoms with E-state index in [4.69, 9.17) is 17.3 Å². The number of aromatic amines is 1. The van der Waals surface area contributed by atoms with Crippen molar-refractivity contribution in [2.24, 2.45) is 5.73 Å². The highest BCUT2D eigenvalue weighted by molar-refractivity contribution is 6.31. The summed E-state index contributed by atoms with van der Waals surface area (Å²) in [4.78, 5) is 18.9. The Kier molecular flexibility index (Phi) is 2.95. The Balaban J connectivity index is 2.10. The zero-order valence-electron chi connectivity index (χ0n) is 10.8. The fourth-order valence-electron chi connectivity index (χ4n) is 2.18. The first-order valence-electron chi connectivity index (χ1n) is 6.11. The molecule has 3 N–H and O–H groups in total. The number of nitrogens with zero attached hydrogens (tertiary/aromatic N) is 1. The molecule has 4 nitrogen and oxygen atoms in total. The lowest BCUT2D eigenvalue weighted by Gasteiger charge is -1.98. The molecule has 100 valence electrons. The number of hydrogen-bond acceptors (Lipinski definition) is 2. The highest BCUT2D eigenvalue weighted by atomic mass is 35.5. The van der Waals surface area contributed by atoms with Crippen molar-refractivity contribution in [2.75, 3.05) is 0 Å². The van der Waals surface area contributed by atoms with Crippen LogP contribution in [0, 0.1) is 6.92 Å². The van der Waals surface area contributed by atoms with Crippen LogP contribution in [0.4, 0.5) is 0 Å². The molecule has 0 aliphatic carbocycles. The van der Waals surface area contributed by atoms with Crippen molar-refractivity contribution in [3.63, 3.8) is 0 Å². The third-order valence-corrected chi connectivity index (χ3v) is 3.40. The fraction of sp³-hybridized carbons (Fsp3) is 0.0667. The van der Waals surface area contributed by atoms with Gasteiger partial charge in [-0.15, -0.1) is 0 Å². The number of H-pyrrole nitrogens is 1. The first-order chi connectivity index (χ1) is 9.54. The number of primary amides is 1. The van der Waals surface area contributed by atoms with E-state index in [0.717, 1.165) is 28.0 Å². The van der Waals surface area contributed by atoms with E-state index in [0.29, 0.717) is 10.6 Å². The van der Waals surface area contributed by atoms with E-state index in [-0.39, 0.29) is 0 Å². The number of carbonyl (C=O) groups excluding carboxylic acids is 1. The van der Waals surface area contributed by atoms with Crippen LogP contribution in [0.1, 0.15) is 15.9 Å².